The average molecular weight is 428 g/mol. The van der Waals surface area contributed by atoms with Crippen molar-refractivity contribution in [3.8, 4) is 12.3 Å². The monoisotopic (exact) mass is 427 g/mol. The molecular weight excluding hydrogens is 413 g/mol. The van der Waals surface area contributed by atoms with E-state index in [9.17, 15) is 0 Å². The first-order chi connectivity index (χ1) is 7.76. The molecule has 0 aliphatic rings. The van der Waals surface area contributed by atoms with Crippen LogP contribution in [0.15, 0.2) is 20.2 Å². The van der Waals surface area contributed by atoms with Crippen molar-refractivity contribution < 1.29 is 0 Å². The molecule has 0 fully saturated rings. The molecule has 1 aromatic rings. The van der Waals surface area contributed by atoms with Crippen molar-refractivity contribution >= 4 is 57.2 Å². The van der Waals surface area contributed by atoms with Crippen molar-refractivity contribution in [2.24, 2.45) is 4.99 Å². The summed E-state index contributed by atoms with van der Waals surface area (Å²) in [6, 6.07) is 2.07. The van der Waals surface area contributed by atoms with Gasteiger partial charge in [-0.2, -0.15) is 0 Å². The van der Waals surface area contributed by atoms with Crippen LogP contribution in [0.4, 0.5) is 0 Å². The molecule has 2 N–H and O–H groups in total. The summed E-state index contributed by atoms with van der Waals surface area (Å²) in [5.41, 5.74) is 1.19. The SMILES string of the molecule is C#CCNC(=NCc1csc(Br)c1)NCC.I. The van der Waals surface area contributed by atoms with E-state index < -0.39 is 0 Å². The van der Waals surface area contributed by atoms with Gasteiger partial charge in [-0.05, 0) is 39.9 Å². The van der Waals surface area contributed by atoms with E-state index in [1.807, 2.05) is 6.92 Å². The number of terminal acetylenes is 1. The third-order valence-electron chi connectivity index (χ3n) is 1.74. The summed E-state index contributed by atoms with van der Waals surface area (Å²) in [7, 11) is 0. The first-order valence-corrected chi connectivity index (χ1v) is 6.62. The molecule has 0 saturated carbocycles. The van der Waals surface area contributed by atoms with E-state index in [-0.39, 0.29) is 24.0 Å². The predicted molar refractivity (Wildman–Crippen MR) is 89.1 cm³/mol. The Morgan fingerprint density at radius 1 is 1.59 bits per heavy atom. The lowest BCUT2D eigenvalue weighted by Crippen LogP contribution is -2.37. The Labute approximate surface area is 132 Å². The van der Waals surface area contributed by atoms with E-state index in [0.717, 1.165) is 16.3 Å². The number of hydrogen-bond donors (Lipinski definition) is 2. The zero-order chi connectivity index (χ0) is 11.8. The van der Waals surface area contributed by atoms with E-state index in [2.05, 4.69) is 48.9 Å². The third-order valence-corrected chi connectivity index (χ3v) is 3.30. The zero-order valence-corrected chi connectivity index (χ0v) is 14.2. The molecule has 1 rings (SSSR count). The molecule has 0 spiro atoms. The van der Waals surface area contributed by atoms with Crippen LogP contribution in [-0.4, -0.2) is 19.0 Å². The standard InChI is InChI=1S/C11H14BrN3S.HI/c1-3-5-14-11(13-4-2)15-7-9-6-10(12)16-8-9;/h1,6,8H,4-5,7H2,2H3,(H2,13,14,15);1H. The van der Waals surface area contributed by atoms with Crippen molar-refractivity contribution in [3.63, 3.8) is 0 Å². The summed E-state index contributed by atoms with van der Waals surface area (Å²) >= 11 is 5.09. The summed E-state index contributed by atoms with van der Waals surface area (Å²) in [5, 5.41) is 8.25. The van der Waals surface area contributed by atoms with Crippen LogP contribution in [0.2, 0.25) is 0 Å². The number of thiophene rings is 1. The number of guanidine groups is 1. The maximum atomic E-state index is 5.18. The highest BCUT2D eigenvalue weighted by Gasteiger charge is 1.98. The maximum absolute atomic E-state index is 5.18. The number of aliphatic imine (C=N–C) groups is 1. The van der Waals surface area contributed by atoms with Gasteiger partial charge in [0.05, 0.1) is 16.9 Å². The van der Waals surface area contributed by atoms with E-state index in [0.29, 0.717) is 13.1 Å². The normalized spacial score (nSPS) is 10.3. The zero-order valence-electron chi connectivity index (χ0n) is 9.50. The molecule has 0 aromatic carbocycles. The summed E-state index contributed by atoms with van der Waals surface area (Å²) in [4.78, 5) is 4.42. The Morgan fingerprint density at radius 3 is 2.88 bits per heavy atom. The topological polar surface area (TPSA) is 36.4 Å². The van der Waals surface area contributed by atoms with Crippen LogP contribution in [0.5, 0.6) is 0 Å². The van der Waals surface area contributed by atoms with Gasteiger partial charge in [-0.15, -0.1) is 41.7 Å². The van der Waals surface area contributed by atoms with Gasteiger partial charge in [0.15, 0.2) is 5.96 Å². The molecule has 0 aliphatic heterocycles. The molecule has 17 heavy (non-hydrogen) atoms. The number of rotatable bonds is 4. The smallest absolute Gasteiger partial charge is 0.192 e. The molecule has 0 amide bonds. The van der Waals surface area contributed by atoms with E-state index in [1.165, 1.54) is 5.56 Å². The molecule has 0 radical (unpaired) electrons. The van der Waals surface area contributed by atoms with Crippen LogP contribution >= 0.6 is 51.2 Å². The van der Waals surface area contributed by atoms with Gasteiger partial charge < -0.3 is 10.6 Å². The second-order valence-corrected chi connectivity index (χ2v) is 5.30. The van der Waals surface area contributed by atoms with Crippen LogP contribution in [0.3, 0.4) is 0 Å². The fourth-order valence-corrected chi connectivity index (χ4v) is 2.28. The van der Waals surface area contributed by atoms with Gasteiger partial charge in [-0.25, -0.2) is 4.99 Å². The highest BCUT2D eigenvalue weighted by Crippen LogP contribution is 2.20. The third kappa shape index (κ3) is 6.91. The van der Waals surface area contributed by atoms with Crippen molar-refractivity contribution in [2.75, 3.05) is 13.1 Å². The summed E-state index contributed by atoms with van der Waals surface area (Å²) in [6.07, 6.45) is 5.18. The molecule has 3 nitrogen and oxygen atoms in total. The molecule has 0 unspecified atom stereocenters. The molecule has 0 bridgehead atoms. The van der Waals surface area contributed by atoms with E-state index >= 15 is 0 Å². The minimum absolute atomic E-state index is 0. The Bertz CT molecular complexity index is 398. The van der Waals surface area contributed by atoms with Crippen LogP contribution in [-0.2, 0) is 6.54 Å². The van der Waals surface area contributed by atoms with Gasteiger partial charge >= 0.3 is 0 Å². The highest BCUT2D eigenvalue weighted by molar-refractivity contribution is 14.0. The fraction of sp³-hybridized carbons (Fsp3) is 0.364. The number of hydrogen-bond acceptors (Lipinski definition) is 2. The molecule has 94 valence electrons. The minimum Gasteiger partial charge on any atom is -0.357 e. The number of nitrogens with one attached hydrogen (secondary N) is 2. The van der Waals surface area contributed by atoms with Gasteiger partial charge in [-0.3, -0.25) is 0 Å². The highest BCUT2D eigenvalue weighted by atomic mass is 127. The molecule has 1 aromatic heterocycles. The molecule has 0 aliphatic carbocycles. The van der Waals surface area contributed by atoms with E-state index in [1.54, 1.807) is 11.3 Å². The Kier molecular flexibility index (Phi) is 9.59. The van der Waals surface area contributed by atoms with Crippen LogP contribution in [0.1, 0.15) is 12.5 Å². The minimum atomic E-state index is 0. The second-order valence-electron chi connectivity index (χ2n) is 3.01. The lowest BCUT2D eigenvalue weighted by Gasteiger charge is -2.08. The molecular formula is C11H15BrIN3S. The summed E-state index contributed by atoms with van der Waals surface area (Å²) in [5.74, 6) is 3.27. The first kappa shape index (κ1) is 16.7. The molecule has 1 heterocycles. The summed E-state index contributed by atoms with van der Waals surface area (Å²) < 4.78 is 1.12. The Balaban J connectivity index is 0.00000256. The summed E-state index contributed by atoms with van der Waals surface area (Å²) in [6.45, 7) is 3.99. The van der Waals surface area contributed by atoms with Crippen molar-refractivity contribution in [3.05, 3.63) is 20.8 Å². The van der Waals surface area contributed by atoms with E-state index in [4.69, 9.17) is 6.42 Å². The molecule has 0 atom stereocenters. The number of nitrogens with zero attached hydrogens (tertiary/aromatic N) is 1. The van der Waals surface area contributed by atoms with Gasteiger partial charge in [0, 0.05) is 6.54 Å². The largest absolute Gasteiger partial charge is 0.357 e. The molecule has 6 heteroatoms. The lowest BCUT2D eigenvalue weighted by molar-refractivity contribution is 0.866. The van der Waals surface area contributed by atoms with Crippen molar-refractivity contribution in [2.45, 2.75) is 13.5 Å². The van der Waals surface area contributed by atoms with Crippen molar-refractivity contribution in [1.29, 1.82) is 0 Å². The van der Waals surface area contributed by atoms with Gasteiger partial charge in [0.25, 0.3) is 0 Å². The lowest BCUT2D eigenvalue weighted by atomic mass is 10.3. The average Bonchev–Trinajstić information content (AvgIpc) is 2.68. The van der Waals surface area contributed by atoms with Gasteiger partial charge in [0.2, 0.25) is 0 Å². The molecule has 0 saturated heterocycles. The van der Waals surface area contributed by atoms with Gasteiger partial charge in [-0.1, -0.05) is 5.92 Å². The van der Waals surface area contributed by atoms with Crippen molar-refractivity contribution in [1.82, 2.24) is 10.6 Å². The van der Waals surface area contributed by atoms with Crippen LogP contribution in [0.25, 0.3) is 0 Å². The predicted octanol–water partition coefficient (Wildman–Crippen LogP) is 2.82. The fourth-order valence-electron chi connectivity index (χ4n) is 1.08. The first-order valence-electron chi connectivity index (χ1n) is 4.94. The second kappa shape index (κ2) is 9.74. The quantitative estimate of drug-likeness (QED) is 0.335. The van der Waals surface area contributed by atoms with Crippen LogP contribution in [0, 0.1) is 12.3 Å². The van der Waals surface area contributed by atoms with Gasteiger partial charge in [0.1, 0.15) is 0 Å². The Hall–Kier alpha value is -0.260. The van der Waals surface area contributed by atoms with Crippen LogP contribution < -0.4 is 10.6 Å². The Morgan fingerprint density at radius 2 is 2.35 bits per heavy atom. The maximum Gasteiger partial charge on any atom is 0.192 e. The number of halogens is 2.